The summed E-state index contributed by atoms with van der Waals surface area (Å²) in [5.41, 5.74) is -0.590. The maximum Gasteiger partial charge on any atom is 0.410 e. The van der Waals surface area contributed by atoms with E-state index in [-0.39, 0.29) is 41.0 Å². The quantitative estimate of drug-likeness (QED) is 0.754. The number of hydrogen-bond donors (Lipinski definition) is 1. The summed E-state index contributed by atoms with van der Waals surface area (Å²) in [7, 11) is 1.67. The molecule has 2 saturated carbocycles. The Morgan fingerprint density at radius 1 is 1.32 bits per heavy atom. The van der Waals surface area contributed by atoms with Crippen molar-refractivity contribution in [3.05, 3.63) is 34.4 Å². The van der Waals surface area contributed by atoms with Crippen LogP contribution in [-0.2, 0) is 9.53 Å². The number of amides is 2. The number of cyclic esters (lactones) is 1. The van der Waals surface area contributed by atoms with Gasteiger partial charge in [-0.15, -0.1) is 0 Å². The summed E-state index contributed by atoms with van der Waals surface area (Å²) in [6, 6.07) is 1.58. The molecule has 28 heavy (non-hydrogen) atoms. The zero-order valence-electron chi connectivity index (χ0n) is 15.6. The molecule has 0 aromatic heterocycles. The van der Waals surface area contributed by atoms with Gasteiger partial charge in [-0.1, -0.05) is 24.4 Å². The minimum absolute atomic E-state index is 0.0282. The second kappa shape index (κ2) is 7.17. The fraction of sp³-hybridized carbons (Fsp3) is 0.600. The van der Waals surface area contributed by atoms with E-state index >= 15 is 0 Å². The average Bonchev–Trinajstić information content (AvgIpc) is 3.26. The Labute approximate surface area is 167 Å². The fourth-order valence-corrected chi connectivity index (χ4v) is 5.00. The molecule has 3 fully saturated rings. The summed E-state index contributed by atoms with van der Waals surface area (Å²) < 4.78 is 34.2. The molecule has 1 aliphatic heterocycles. The van der Waals surface area contributed by atoms with Crippen LogP contribution >= 0.6 is 11.6 Å². The molecule has 1 saturated heterocycles. The van der Waals surface area contributed by atoms with E-state index in [0.29, 0.717) is 12.8 Å². The topological polar surface area (TPSA) is 58.6 Å². The van der Waals surface area contributed by atoms with Gasteiger partial charge < -0.3 is 15.0 Å². The number of likely N-dealkylation sites (N-methyl/N-ethyl adjacent to an activating group) is 1. The molecular weight excluding hydrogens is 390 g/mol. The molecule has 152 valence electrons. The van der Waals surface area contributed by atoms with E-state index in [1.54, 1.807) is 11.9 Å². The van der Waals surface area contributed by atoms with E-state index in [1.807, 2.05) is 0 Å². The first kappa shape index (κ1) is 19.4. The van der Waals surface area contributed by atoms with Gasteiger partial charge in [0.2, 0.25) is 5.91 Å². The molecule has 1 N–H and O–H groups in total. The molecule has 0 bridgehead atoms. The molecule has 4 rings (SSSR count). The van der Waals surface area contributed by atoms with E-state index in [2.05, 4.69) is 5.32 Å². The van der Waals surface area contributed by atoms with Gasteiger partial charge in [0, 0.05) is 18.5 Å². The smallest absolute Gasteiger partial charge is 0.410 e. The lowest BCUT2D eigenvalue weighted by molar-refractivity contribution is -0.133. The van der Waals surface area contributed by atoms with Gasteiger partial charge in [0.1, 0.15) is 18.2 Å². The van der Waals surface area contributed by atoms with Crippen LogP contribution in [0.5, 0.6) is 0 Å². The molecule has 1 spiro atoms. The molecule has 2 aliphatic carbocycles. The van der Waals surface area contributed by atoms with Crippen LogP contribution in [0.25, 0.3) is 0 Å². The number of carbonyl (C=O) groups excluding carboxylic acids is 2. The van der Waals surface area contributed by atoms with Crippen LogP contribution < -0.4 is 5.32 Å². The highest BCUT2D eigenvalue weighted by atomic mass is 35.5. The Balaban J connectivity index is 1.52. The van der Waals surface area contributed by atoms with Gasteiger partial charge in [-0.2, -0.15) is 0 Å². The first-order chi connectivity index (χ1) is 13.3. The summed E-state index contributed by atoms with van der Waals surface area (Å²) in [5.74, 6) is -2.09. The van der Waals surface area contributed by atoms with Crippen molar-refractivity contribution in [2.24, 2.45) is 11.8 Å². The van der Waals surface area contributed by atoms with E-state index in [9.17, 15) is 18.4 Å². The van der Waals surface area contributed by atoms with Crippen molar-refractivity contribution in [2.75, 3.05) is 13.7 Å². The third kappa shape index (κ3) is 3.13. The normalized spacial score (nSPS) is 28.4. The fourth-order valence-electron chi connectivity index (χ4n) is 4.83. The summed E-state index contributed by atoms with van der Waals surface area (Å²) in [6.07, 6.45) is 4.13. The summed E-state index contributed by atoms with van der Waals surface area (Å²) in [6.45, 7) is 0.274. The van der Waals surface area contributed by atoms with E-state index in [0.717, 1.165) is 31.7 Å². The van der Waals surface area contributed by atoms with E-state index in [4.69, 9.17) is 16.3 Å². The molecule has 3 aliphatic rings. The van der Waals surface area contributed by atoms with E-state index < -0.39 is 23.2 Å². The maximum absolute atomic E-state index is 14.7. The van der Waals surface area contributed by atoms with Crippen molar-refractivity contribution in [3.63, 3.8) is 0 Å². The number of carbonyl (C=O) groups is 2. The predicted molar refractivity (Wildman–Crippen MR) is 98.8 cm³/mol. The van der Waals surface area contributed by atoms with Gasteiger partial charge in [0.05, 0.1) is 16.6 Å². The Bertz CT molecular complexity index is 807. The largest absolute Gasteiger partial charge is 0.447 e. The van der Waals surface area contributed by atoms with Crippen LogP contribution in [0.1, 0.15) is 50.1 Å². The SMILES string of the molecule is CN1C(=O)OCC12CC(C(=O)N[C@H](c1c(F)ccc(Cl)c1F)C1CCCC1)C2. The van der Waals surface area contributed by atoms with Gasteiger partial charge in [0.15, 0.2) is 0 Å². The number of hydrogen-bond acceptors (Lipinski definition) is 3. The van der Waals surface area contributed by atoms with Gasteiger partial charge in [-0.3, -0.25) is 4.79 Å². The first-order valence-electron chi connectivity index (χ1n) is 9.67. The Morgan fingerprint density at radius 3 is 2.61 bits per heavy atom. The van der Waals surface area contributed by atoms with Crippen LogP contribution in [0.3, 0.4) is 0 Å². The van der Waals surface area contributed by atoms with Crippen molar-refractivity contribution in [1.29, 1.82) is 0 Å². The second-order valence-electron chi connectivity index (χ2n) is 8.23. The summed E-state index contributed by atoms with van der Waals surface area (Å²) in [4.78, 5) is 26.0. The lowest BCUT2D eigenvalue weighted by Gasteiger charge is -2.46. The zero-order valence-corrected chi connectivity index (χ0v) is 16.4. The highest BCUT2D eigenvalue weighted by Crippen LogP contribution is 2.46. The van der Waals surface area contributed by atoms with Crippen LogP contribution in [0.4, 0.5) is 13.6 Å². The number of nitrogens with zero attached hydrogens (tertiary/aromatic N) is 1. The third-order valence-corrected chi connectivity index (χ3v) is 6.92. The highest BCUT2D eigenvalue weighted by Gasteiger charge is 2.56. The number of nitrogens with one attached hydrogen (secondary N) is 1. The number of rotatable bonds is 4. The molecule has 0 radical (unpaired) electrons. The third-order valence-electron chi connectivity index (χ3n) is 6.63. The van der Waals surface area contributed by atoms with Crippen molar-refractivity contribution >= 4 is 23.6 Å². The molecule has 8 heteroatoms. The lowest BCUT2D eigenvalue weighted by atomic mass is 9.67. The first-order valence-corrected chi connectivity index (χ1v) is 10.0. The van der Waals surface area contributed by atoms with Crippen LogP contribution in [0.2, 0.25) is 5.02 Å². The van der Waals surface area contributed by atoms with E-state index in [1.165, 1.54) is 6.07 Å². The number of halogens is 3. The standard InChI is InChI=1S/C20H23ClF2N2O3/c1-25-19(27)28-10-20(25)8-12(9-20)18(26)24-17(11-4-2-3-5-11)15-14(22)7-6-13(21)16(15)23/h6-7,11-12,17H,2-5,8-10H2,1H3,(H,24,26)/t12?,17-,20?/m0/s1. The average molecular weight is 413 g/mol. The minimum atomic E-state index is -0.807. The zero-order chi connectivity index (χ0) is 20.1. The highest BCUT2D eigenvalue weighted by molar-refractivity contribution is 6.30. The van der Waals surface area contributed by atoms with Crippen molar-refractivity contribution in [2.45, 2.75) is 50.1 Å². The predicted octanol–water partition coefficient (Wildman–Crippen LogP) is 4.20. The van der Waals surface area contributed by atoms with Gasteiger partial charge >= 0.3 is 6.09 Å². The van der Waals surface area contributed by atoms with Crippen molar-refractivity contribution < 1.29 is 23.1 Å². The molecule has 1 aromatic carbocycles. The van der Waals surface area contributed by atoms with Gasteiger partial charge in [-0.25, -0.2) is 13.6 Å². The molecule has 1 heterocycles. The Morgan fingerprint density at radius 2 is 2.00 bits per heavy atom. The van der Waals surface area contributed by atoms with Crippen molar-refractivity contribution in [3.8, 4) is 0 Å². The maximum atomic E-state index is 14.7. The molecule has 1 atom stereocenters. The van der Waals surface area contributed by atoms with Crippen molar-refractivity contribution in [1.82, 2.24) is 10.2 Å². The molecular formula is C20H23ClF2N2O3. The Kier molecular flexibility index (Phi) is 4.98. The molecule has 2 amide bonds. The van der Waals surface area contributed by atoms with Gasteiger partial charge in [0.25, 0.3) is 0 Å². The monoisotopic (exact) mass is 412 g/mol. The van der Waals surface area contributed by atoms with Crippen LogP contribution in [-0.4, -0.2) is 36.1 Å². The second-order valence-corrected chi connectivity index (χ2v) is 8.64. The number of ether oxygens (including phenoxy) is 1. The Hall–Kier alpha value is -1.89. The summed E-state index contributed by atoms with van der Waals surface area (Å²) >= 11 is 5.88. The van der Waals surface area contributed by atoms with Gasteiger partial charge in [-0.05, 0) is 43.7 Å². The lowest BCUT2D eigenvalue weighted by Crippen LogP contribution is -2.58. The number of benzene rings is 1. The van der Waals surface area contributed by atoms with Crippen LogP contribution in [0, 0.1) is 23.5 Å². The minimum Gasteiger partial charge on any atom is -0.447 e. The molecule has 0 unspecified atom stereocenters. The molecule has 5 nitrogen and oxygen atoms in total. The molecule has 1 aromatic rings. The summed E-state index contributed by atoms with van der Waals surface area (Å²) in [5, 5.41) is 2.74. The van der Waals surface area contributed by atoms with Crippen LogP contribution in [0.15, 0.2) is 12.1 Å².